The SMILES string of the molecule is CCOC(=O)C(F)C(O)c1sccc1C. The lowest BCUT2D eigenvalue weighted by Gasteiger charge is -2.13. The summed E-state index contributed by atoms with van der Waals surface area (Å²) in [7, 11) is 0. The van der Waals surface area contributed by atoms with Crippen molar-refractivity contribution in [2.24, 2.45) is 0 Å². The van der Waals surface area contributed by atoms with E-state index in [1.807, 2.05) is 0 Å². The molecule has 0 aliphatic carbocycles. The third kappa shape index (κ3) is 2.76. The molecule has 15 heavy (non-hydrogen) atoms. The molecule has 0 fully saturated rings. The van der Waals surface area contributed by atoms with E-state index in [9.17, 15) is 14.3 Å². The zero-order chi connectivity index (χ0) is 11.4. The van der Waals surface area contributed by atoms with Crippen LogP contribution in [0.4, 0.5) is 4.39 Å². The Balaban J connectivity index is 2.72. The molecule has 0 spiro atoms. The molecule has 84 valence electrons. The molecule has 0 bridgehead atoms. The Hall–Kier alpha value is -0.940. The highest BCUT2D eigenvalue weighted by Crippen LogP contribution is 2.28. The maximum Gasteiger partial charge on any atom is 0.343 e. The smallest absolute Gasteiger partial charge is 0.343 e. The molecule has 5 heteroatoms. The number of halogens is 1. The Kier molecular flexibility index (Phi) is 4.23. The maximum absolute atomic E-state index is 13.4. The molecule has 0 radical (unpaired) electrons. The van der Waals surface area contributed by atoms with Crippen molar-refractivity contribution in [3.63, 3.8) is 0 Å². The molecule has 0 saturated carbocycles. The highest BCUT2D eigenvalue weighted by molar-refractivity contribution is 7.10. The summed E-state index contributed by atoms with van der Waals surface area (Å²) in [5, 5.41) is 11.3. The fourth-order valence-electron chi connectivity index (χ4n) is 1.17. The number of aryl methyl sites for hydroxylation is 1. The Morgan fingerprint density at radius 3 is 2.87 bits per heavy atom. The van der Waals surface area contributed by atoms with Crippen LogP contribution >= 0.6 is 11.3 Å². The van der Waals surface area contributed by atoms with Crippen LogP contribution in [-0.4, -0.2) is 23.9 Å². The van der Waals surface area contributed by atoms with Gasteiger partial charge >= 0.3 is 5.97 Å². The fraction of sp³-hybridized carbons (Fsp3) is 0.500. The van der Waals surface area contributed by atoms with Crippen LogP contribution in [0.2, 0.25) is 0 Å². The number of carbonyl (C=O) groups excluding carboxylic acids is 1. The summed E-state index contributed by atoms with van der Waals surface area (Å²) in [5.74, 6) is -1.02. The van der Waals surface area contributed by atoms with Crippen molar-refractivity contribution in [3.05, 3.63) is 21.9 Å². The van der Waals surface area contributed by atoms with Gasteiger partial charge in [0.25, 0.3) is 0 Å². The summed E-state index contributed by atoms with van der Waals surface area (Å²) in [4.78, 5) is 11.5. The second-order valence-electron chi connectivity index (χ2n) is 3.07. The van der Waals surface area contributed by atoms with E-state index < -0.39 is 18.2 Å². The van der Waals surface area contributed by atoms with Crippen molar-refractivity contribution in [2.75, 3.05) is 6.61 Å². The Morgan fingerprint density at radius 1 is 1.73 bits per heavy atom. The van der Waals surface area contributed by atoms with Gasteiger partial charge in [0.15, 0.2) is 0 Å². The van der Waals surface area contributed by atoms with Gasteiger partial charge in [-0.05, 0) is 30.9 Å². The van der Waals surface area contributed by atoms with Crippen LogP contribution in [0.3, 0.4) is 0 Å². The lowest BCUT2D eigenvalue weighted by Crippen LogP contribution is -2.25. The first-order chi connectivity index (χ1) is 7.07. The Labute approximate surface area is 91.5 Å². The number of aliphatic hydroxyl groups excluding tert-OH is 1. The second kappa shape index (κ2) is 5.23. The zero-order valence-electron chi connectivity index (χ0n) is 8.57. The number of hydrogen-bond acceptors (Lipinski definition) is 4. The highest BCUT2D eigenvalue weighted by Gasteiger charge is 2.30. The van der Waals surface area contributed by atoms with Crippen molar-refractivity contribution < 1.29 is 19.0 Å². The number of hydrogen-bond donors (Lipinski definition) is 1. The standard InChI is InChI=1S/C10H13FO3S/c1-3-14-10(13)7(11)8(12)9-6(2)4-5-15-9/h4-5,7-8,12H,3H2,1-2H3. The largest absolute Gasteiger partial charge is 0.464 e. The molecule has 0 amide bonds. The quantitative estimate of drug-likeness (QED) is 0.807. The molecular weight excluding hydrogens is 219 g/mol. The van der Waals surface area contributed by atoms with Crippen molar-refractivity contribution in [2.45, 2.75) is 26.1 Å². The number of thiophene rings is 1. The van der Waals surface area contributed by atoms with Gasteiger partial charge in [-0.2, -0.15) is 0 Å². The third-order valence-electron chi connectivity index (χ3n) is 1.96. The molecule has 0 aliphatic rings. The molecule has 1 N–H and O–H groups in total. The molecule has 0 aromatic carbocycles. The first kappa shape index (κ1) is 12.1. The van der Waals surface area contributed by atoms with E-state index in [1.165, 1.54) is 11.3 Å². The highest BCUT2D eigenvalue weighted by atomic mass is 32.1. The van der Waals surface area contributed by atoms with Crippen LogP contribution in [0, 0.1) is 6.92 Å². The van der Waals surface area contributed by atoms with Gasteiger partial charge in [-0.25, -0.2) is 9.18 Å². The normalized spacial score (nSPS) is 14.7. The lowest BCUT2D eigenvalue weighted by molar-refractivity contribution is -0.153. The van der Waals surface area contributed by atoms with Gasteiger partial charge < -0.3 is 9.84 Å². The number of rotatable bonds is 4. The maximum atomic E-state index is 13.4. The van der Waals surface area contributed by atoms with E-state index in [4.69, 9.17) is 0 Å². The molecule has 0 saturated heterocycles. The van der Waals surface area contributed by atoms with Crippen LogP contribution in [-0.2, 0) is 9.53 Å². The second-order valence-corrected chi connectivity index (χ2v) is 4.01. The summed E-state index contributed by atoms with van der Waals surface area (Å²) in [6.07, 6.45) is -3.44. The number of aliphatic hydroxyl groups is 1. The monoisotopic (exact) mass is 232 g/mol. The number of esters is 1. The fourth-order valence-corrected chi connectivity index (χ4v) is 2.10. The number of carbonyl (C=O) groups is 1. The molecule has 2 atom stereocenters. The molecule has 1 rings (SSSR count). The molecule has 1 aromatic heterocycles. The summed E-state index contributed by atoms with van der Waals surface area (Å²) in [5.41, 5.74) is 0.777. The first-order valence-corrected chi connectivity index (χ1v) is 5.48. The zero-order valence-corrected chi connectivity index (χ0v) is 9.38. The molecule has 2 unspecified atom stereocenters. The van der Waals surface area contributed by atoms with E-state index >= 15 is 0 Å². The van der Waals surface area contributed by atoms with Gasteiger partial charge in [0.05, 0.1) is 6.61 Å². The average Bonchev–Trinajstić information content (AvgIpc) is 2.62. The minimum Gasteiger partial charge on any atom is -0.464 e. The predicted molar refractivity (Wildman–Crippen MR) is 55.5 cm³/mol. The van der Waals surface area contributed by atoms with E-state index in [-0.39, 0.29) is 6.61 Å². The van der Waals surface area contributed by atoms with Crippen molar-refractivity contribution in [3.8, 4) is 0 Å². The van der Waals surface area contributed by atoms with Crippen LogP contribution in [0.15, 0.2) is 11.4 Å². The van der Waals surface area contributed by atoms with E-state index in [0.717, 1.165) is 5.56 Å². The van der Waals surface area contributed by atoms with Crippen molar-refractivity contribution in [1.29, 1.82) is 0 Å². The summed E-state index contributed by atoms with van der Waals surface area (Å²) < 4.78 is 17.9. The van der Waals surface area contributed by atoms with Gasteiger partial charge in [0, 0.05) is 4.88 Å². The van der Waals surface area contributed by atoms with E-state index in [2.05, 4.69) is 4.74 Å². The van der Waals surface area contributed by atoms with Gasteiger partial charge in [-0.15, -0.1) is 11.3 Å². The van der Waals surface area contributed by atoms with Gasteiger partial charge in [0.2, 0.25) is 6.17 Å². The van der Waals surface area contributed by atoms with Crippen LogP contribution in [0.5, 0.6) is 0 Å². The molecule has 0 aliphatic heterocycles. The molecule has 1 heterocycles. The first-order valence-electron chi connectivity index (χ1n) is 4.60. The van der Waals surface area contributed by atoms with Gasteiger partial charge in [-0.1, -0.05) is 0 Å². The predicted octanol–water partition coefficient (Wildman–Crippen LogP) is 1.99. The Morgan fingerprint density at radius 2 is 2.40 bits per heavy atom. The minimum absolute atomic E-state index is 0.107. The topological polar surface area (TPSA) is 46.5 Å². The van der Waals surface area contributed by atoms with Crippen molar-refractivity contribution in [1.82, 2.24) is 0 Å². The Bertz CT molecular complexity index is 337. The molecule has 3 nitrogen and oxygen atoms in total. The van der Waals surface area contributed by atoms with Crippen molar-refractivity contribution >= 4 is 17.3 Å². The number of ether oxygens (including phenoxy) is 1. The number of alkyl halides is 1. The molecular formula is C10H13FO3S. The summed E-state index contributed by atoms with van der Waals surface area (Å²) in [6, 6.07) is 1.76. The average molecular weight is 232 g/mol. The summed E-state index contributed by atoms with van der Waals surface area (Å²) >= 11 is 1.22. The van der Waals surface area contributed by atoms with E-state index in [0.29, 0.717) is 4.88 Å². The minimum atomic E-state index is -2.01. The van der Waals surface area contributed by atoms with Crippen LogP contribution in [0.25, 0.3) is 0 Å². The van der Waals surface area contributed by atoms with Crippen LogP contribution in [0.1, 0.15) is 23.5 Å². The molecule has 1 aromatic rings. The van der Waals surface area contributed by atoms with Gasteiger partial charge in [0.1, 0.15) is 6.10 Å². The lowest BCUT2D eigenvalue weighted by atomic mass is 10.1. The van der Waals surface area contributed by atoms with Gasteiger partial charge in [-0.3, -0.25) is 0 Å². The van der Waals surface area contributed by atoms with E-state index in [1.54, 1.807) is 25.3 Å². The summed E-state index contributed by atoms with van der Waals surface area (Å²) in [6.45, 7) is 3.45. The third-order valence-corrected chi connectivity index (χ3v) is 3.05. The van der Waals surface area contributed by atoms with Crippen LogP contribution < -0.4 is 0 Å².